The van der Waals surface area contributed by atoms with Crippen molar-refractivity contribution in [3.05, 3.63) is 0 Å². The maximum absolute atomic E-state index is 5.57. The van der Waals surface area contributed by atoms with Crippen LogP contribution in [0.3, 0.4) is 0 Å². The molecule has 0 bridgehead atoms. The second kappa shape index (κ2) is 8.01. The van der Waals surface area contributed by atoms with Crippen LogP contribution in [0.1, 0.15) is 25.7 Å². The Labute approximate surface area is 99.9 Å². The van der Waals surface area contributed by atoms with Crippen molar-refractivity contribution < 1.29 is 0 Å². The topological polar surface area (TPSA) is 58.5 Å². The van der Waals surface area contributed by atoms with Crippen LogP contribution in [0, 0.1) is 0 Å². The third-order valence-corrected chi connectivity index (χ3v) is 3.41. The summed E-state index contributed by atoms with van der Waals surface area (Å²) in [6.45, 7) is 6.35. The van der Waals surface area contributed by atoms with Crippen molar-refractivity contribution in [3.8, 4) is 0 Å². The molecule has 1 atom stereocenters. The summed E-state index contributed by atoms with van der Waals surface area (Å²) in [4.78, 5) is 5.02. The average molecular weight is 228 g/mol. The second-order valence-corrected chi connectivity index (χ2v) is 4.88. The van der Waals surface area contributed by atoms with Crippen LogP contribution in [-0.4, -0.2) is 62.2 Å². The zero-order chi connectivity index (χ0) is 11.8. The molecule has 1 heterocycles. The van der Waals surface area contributed by atoms with E-state index in [1.54, 1.807) is 0 Å². The van der Waals surface area contributed by atoms with E-state index < -0.39 is 0 Å². The first-order valence-corrected chi connectivity index (χ1v) is 6.60. The molecule has 0 saturated carbocycles. The zero-order valence-corrected chi connectivity index (χ0v) is 10.7. The van der Waals surface area contributed by atoms with Crippen LogP contribution in [0.4, 0.5) is 0 Å². The third-order valence-electron chi connectivity index (χ3n) is 3.41. The number of likely N-dealkylation sites (N-methyl/N-ethyl adjacent to an activating group) is 1. The largest absolute Gasteiger partial charge is 0.330 e. The summed E-state index contributed by atoms with van der Waals surface area (Å²) in [7, 11) is 2.20. The van der Waals surface area contributed by atoms with E-state index >= 15 is 0 Å². The molecular formula is C12H28N4. The highest BCUT2D eigenvalue weighted by atomic mass is 15.2. The lowest BCUT2D eigenvalue weighted by Crippen LogP contribution is -2.40. The number of rotatable bonds is 8. The standard InChI is InChI=1S/C12H28N4/c1-15(8-3-6-13)11-12-5-2-9-16(12)10-4-7-14/h12H,2-11,13-14H2,1H3. The predicted octanol–water partition coefficient (Wildman–Crippen LogP) is 0.0802. The highest BCUT2D eigenvalue weighted by Crippen LogP contribution is 2.17. The summed E-state index contributed by atoms with van der Waals surface area (Å²) in [5.74, 6) is 0. The zero-order valence-electron chi connectivity index (χ0n) is 10.7. The predicted molar refractivity (Wildman–Crippen MR) is 69.4 cm³/mol. The van der Waals surface area contributed by atoms with Crippen molar-refractivity contribution in [2.45, 2.75) is 31.7 Å². The Kier molecular flexibility index (Phi) is 6.96. The molecule has 4 nitrogen and oxygen atoms in total. The minimum absolute atomic E-state index is 0.745. The first kappa shape index (κ1) is 13.9. The van der Waals surface area contributed by atoms with Gasteiger partial charge in [-0.3, -0.25) is 4.90 Å². The summed E-state index contributed by atoms with van der Waals surface area (Å²) in [5.41, 5.74) is 11.1. The molecule has 0 radical (unpaired) electrons. The first-order chi connectivity index (χ1) is 7.77. The number of nitrogens with zero attached hydrogens (tertiary/aromatic N) is 2. The molecule has 1 unspecified atom stereocenters. The van der Waals surface area contributed by atoms with Gasteiger partial charge in [-0.2, -0.15) is 0 Å². The van der Waals surface area contributed by atoms with Crippen LogP contribution in [0.2, 0.25) is 0 Å². The molecule has 1 fully saturated rings. The van der Waals surface area contributed by atoms with E-state index in [1.807, 2.05) is 0 Å². The lowest BCUT2D eigenvalue weighted by molar-refractivity contribution is 0.190. The van der Waals surface area contributed by atoms with Gasteiger partial charge in [0.1, 0.15) is 0 Å². The Hall–Kier alpha value is -0.160. The van der Waals surface area contributed by atoms with Crippen molar-refractivity contribution in [1.29, 1.82) is 0 Å². The summed E-state index contributed by atoms with van der Waals surface area (Å²) >= 11 is 0. The van der Waals surface area contributed by atoms with Crippen molar-refractivity contribution in [2.75, 3.05) is 46.3 Å². The van der Waals surface area contributed by atoms with Crippen LogP contribution in [0.25, 0.3) is 0 Å². The molecule has 4 heteroatoms. The molecule has 1 aliphatic heterocycles. The molecule has 1 rings (SSSR count). The van der Waals surface area contributed by atoms with Gasteiger partial charge in [-0.05, 0) is 65.5 Å². The van der Waals surface area contributed by atoms with Crippen LogP contribution in [0.15, 0.2) is 0 Å². The highest BCUT2D eigenvalue weighted by Gasteiger charge is 2.24. The van der Waals surface area contributed by atoms with Gasteiger partial charge in [0, 0.05) is 12.6 Å². The van der Waals surface area contributed by atoms with Crippen LogP contribution in [0.5, 0.6) is 0 Å². The number of nitrogens with two attached hydrogens (primary N) is 2. The smallest absolute Gasteiger partial charge is 0.0223 e. The van der Waals surface area contributed by atoms with Crippen molar-refractivity contribution in [1.82, 2.24) is 9.80 Å². The summed E-state index contributed by atoms with van der Waals surface area (Å²) in [6.07, 6.45) is 4.92. The molecule has 1 saturated heterocycles. The maximum Gasteiger partial charge on any atom is 0.0223 e. The molecule has 4 N–H and O–H groups in total. The Morgan fingerprint density at radius 2 is 2.00 bits per heavy atom. The molecule has 0 amide bonds. The molecule has 0 spiro atoms. The quantitative estimate of drug-likeness (QED) is 0.618. The SMILES string of the molecule is CN(CCCN)CC1CCCN1CCCN. The van der Waals surface area contributed by atoms with E-state index in [1.165, 1.54) is 32.5 Å². The summed E-state index contributed by atoms with van der Waals surface area (Å²) in [6, 6.07) is 0.745. The first-order valence-electron chi connectivity index (χ1n) is 6.60. The van der Waals surface area contributed by atoms with Crippen molar-refractivity contribution in [3.63, 3.8) is 0 Å². The fourth-order valence-electron chi connectivity index (χ4n) is 2.50. The van der Waals surface area contributed by atoms with E-state index in [9.17, 15) is 0 Å². The Bertz CT molecular complexity index is 174. The van der Waals surface area contributed by atoms with E-state index in [-0.39, 0.29) is 0 Å². The number of likely N-dealkylation sites (tertiary alicyclic amines) is 1. The molecular weight excluding hydrogens is 200 g/mol. The highest BCUT2D eigenvalue weighted by molar-refractivity contribution is 4.81. The van der Waals surface area contributed by atoms with Gasteiger partial charge in [-0.25, -0.2) is 0 Å². The van der Waals surface area contributed by atoms with Crippen LogP contribution in [-0.2, 0) is 0 Å². The fourth-order valence-corrected chi connectivity index (χ4v) is 2.50. The minimum Gasteiger partial charge on any atom is -0.330 e. The average Bonchev–Trinajstić information content (AvgIpc) is 2.71. The second-order valence-electron chi connectivity index (χ2n) is 4.88. The van der Waals surface area contributed by atoms with E-state index in [2.05, 4.69) is 16.8 Å². The molecule has 0 aromatic heterocycles. The third kappa shape index (κ3) is 4.78. The minimum atomic E-state index is 0.745. The van der Waals surface area contributed by atoms with Gasteiger partial charge in [0.25, 0.3) is 0 Å². The number of hydrogen-bond donors (Lipinski definition) is 2. The van der Waals surface area contributed by atoms with Crippen molar-refractivity contribution in [2.24, 2.45) is 11.5 Å². The molecule has 96 valence electrons. The van der Waals surface area contributed by atoms with E-state index in [0.717, 1.165) is 38.5 Å². The molecule has 0 aromatic rings. The Balaban J connectivity index is 2.22. The van der Waals surface area contributed by atoms with Gasteiger partial charge in [0.2, 0.25) is 0 Å². The Morgan fingerprint density at radius 3 is 2.69 bits per heavy atom. The van der Waals surface area contributed by atoms with Gasteiger partial charge in [-0.15, -0.1) is 0 Å². The van der Waals surface area contributed by atoms with E-state index in [0.29, 0.717) is 0 Å². The van der Waals surface area contributed by atoms with Gasteiger partial charge in [0.15, 0.2) is 0 Å². The molecule has 1 aliphatic rings. The monoisotopic (exact) mass is 228 g/mol. The summed E-state index contributed by atoms with van der Waals surface area (Å²) in [5, 5.41) is 0. The lowest BCUT2D eigenvalue weighted by Gasteiger charge is -2.28. The van der Waals surface area contributed by atoms with Gasteiger partial charge < -0.3 is 16.4 Å². The molecule has 16 heavy (non-hydrogen) atoms. The van der Waals surface area contributed by atoms with Crippen LogP contribution < -0.4 is 11.5 Å². The van der Waals surface area contributed by atoms with Gasteiger partial charge in [-0.1, -0.05) is 0 Å². The molecule has 0 aromatic carbocycles. The van der Waals surface area contributed by atoms with Gasteiger partial charge in [0.05, 0.1) is 0 Å². The summed E-state index contributed by atoms with van der Waals surface area (Å²) < 4.78 is 0. The van der Waals surface area contributed by atoms with Crippen molar-refractivity contribution >= 4 is 0 Å². The van der Waals surface area contributed by atoms with Crippen LogP contribution >= 0.6 is 0 Å². The van der Waals surface area contributed by atoms with Gasteiger partial charge >= 0.3 is 0 Å². The number of hydrogen-bond acceptors (Lipinski definition) is 4. The Morgan fingerprint density at radius 1 is 1.25 bits per heavy atom. The molecule has 0 aliphatic carbocycles. The normalized spacial score (nSPS) is 22.1. The van der Waals surface area contributed by atoms with E-state index in [4.69, 9.17) is 11.5 Å². The lowest BCUT2D eigenvalue weighted by atomic mass is 10.2. The fraction of sp³-hybridized carbons (Fsp3) is 1.00. The maximum atomic E-state index is 5.57.